The van der Waals surface area contributed by atoms with E-state index in [1.165, 1.54) is 45.7 Å². The van der Waals surface area contributed by atoms with E-state index in [9.17, 15) is 34.6 Å². The molecule has 8 rings (SSSR count). The van der Waals surface area contributed by atoms with Crippen molar-refractivity contribution in [3.63, 3.8) is 0 Å². The summed E-state index contributed by atoms with van der Waals surface area (Å²) in [6, 6.07) is 32.4. The number of nitro benzene ring substituents is 2. The Morgan fingerprint density at radius 3 is 1.62 bits per heavy atom. The number of aldehydes is 1. The standard InChI is InChI=1S/C19H12N2O3.C13H9NO2.C6H5NO2.CH4O.2Al.FH.K.H2O2.O/c22-19-12(4-3-9-20-19)10-17-15-6-2-1-5-14(15)16-8-7-13(21(23)24)11-18(16)17;15-14(16)11-5-6-13-10(8-11)7-9-3-1-2-4-12(9)13;8-4-5-2-1-3-7-6(5)9;1-2;;;;;1-2;/h1-11H,(H,20,22);1-6,8H,7H2;1-4H,(H,7,9);2H,1H3;;;1H;;1-2H;/q;;;;;+1;;+1;;/p-2. The summed E-state index contributed by atoms with van der Waals surface area (Å²) in [5.41, 5.74) is 9.50. The number of aromatic amines is 2. The molecular formula is C39H31Al2FKN4O11. The summed E-state index contributed by atoms with van der Waals surface area (Å²) < 4.78 is 11.3. The normalized spacial score (nSPS) is 10.8. The fraction of sp³-hybridized carbons (Fsp3) is 0.0513. The molecule has 287 valence electrons. The number of non-ortho nitro benzene ring substituents is 2. The van der Waals surface area contributed by atoms with Crippen LogP contribution in [0.1, 0.15) is 38.2 Å². The molecule has 0 aliphatic heterocycles. The number of aliphatic hydroxyl groups is 1. The van der Waals surface area contributed by atoms with Crippen LogP contribution in [-0.4, -0.2) is 76.4 Å². The fourth-order valence-electron chi connectivity index (χ4n) is 5.83. The third kappa shape index (κ3) is 13.2. The Hall–Kier alpha value is -4.70. The SMILES string of the molecule is CO.O=Cc1ccc[nH]c1=O.O=[N+]([O-])c1ccc2c(c1)Cc1ccccc1-2.O=c1[nH]cccc1C=C1c2ccccc2-c2ccc([N+](=O)[O-])cc21.O[O][Al].[F-].[K+].[O]=[Al]. The van der Waals surface area contributed by atoms with Gasteiger partial charge in [-0.2, -0.15) is 0 Å². The number of hydrogen-bond acceptors (Lipinski definition) is 11. The number of pyridine rings is 2. The Balaban J connectivity index is 0.000000429. The maximum atomic E-state index is 12.0. The number of benzene rings is 4. The van der Waals surface area contributed by atoms with E-state index in [-0.39, 0.29) is 89.1 Å². The second-order valence-corrected chi connectivity index (χ2v) is 11.4. The van der Waals surface area contributed by atoms with Crippen LogP contribution in [0.15, 0.2) is 131 Å². The van der Waals surface area contributed by atoms with Crippen molar-refractivity contribution in [1.82, 2.24) is 9.97 Å². The van der Waals surface area contributed by atoms with Crippen LogP contribution in [-0.2, 0) is 14.2 Å². The number of hydrogen-bond donors (Lipinski definition) is 4. The van der Waals surface area contributed by atoms with Crippen molar-refractivity contribution in [3.8, 4) is 22.3 Å². The van der Waals surface area contributed by atoms with Gasteiger partial charge in [0, 0.05) is 49.3 Å². The molecule has 2 heterocycles. The molecule has 15 nitrogen and oxygen atoms in total. The van der Waals surface area contributed by atoms with Gasteiger partial charge in [0.05, 0.1) is 15.4 Å². The van der Waals surface area contributed by atoms with Gasteiger partial charge in [-0.1, -0.05) is 48.5 Å². The van der Waals surface area contributed by atoms with Gasteiger partial charge in [-0.25, -0.2) is 0 Å². The molecule has 0 unspecified atom stereocenters. The molecule has 0 spiro atoms. The van der Waals surface area contributed by atoms with Gasteiger partial charge in [-0.05, 0) is 99.0 Å². The van der Waals surface area contributed by atoms with Crippen molar-refractivity contribution < 1.29 is 88.8 Å². The second kappa shape index (κ2) is 26.3. The minimum atomic E-state index is -0.407. The molecule has 19 heteroatoms. The Kier molecular flexibility index (Phi) is 23.3. The summed E-state index contributed by atoms with van der Waals surface area (Å²) in [5, 5.41) is 35.8. The molecular weight excluding hydrogens is 813 g/mol. The molecule has 0 saturated carbocycles. The number of nitrogens with one attached hydrogen (secondary N) is 2. The van der Waals surface area contributed by atoms with Crippen LogP contribution < -0.4 is 67.2 Å². The number of aromatic nitrogens is 2. The van der Waals surface area contributed by atoms with Crippen LogP contribution in [0.25, 0.3) is 33.9 Å². The van der Waals surface area contributed by atoms with Gasteiger partial charge >= 0.3 is 88.0 Å². The topological polar surface area (TPSA) is 236 Å². The summed E-state index contributed by atoms with van der Waals surface area (Å²) in [7, 11) is 1.00. The molecule has 3 radical (unpaired) electrons. The van der Waals surface area contributed by atoms with Crippen molar-refractivity contribution in [1.29, 1.82) is 0 Å². The Morgan fingerprint density at radius 2 is 1.10 bits per heavy atom. The zero-order chi connectivity index (χ0) is 41.2. The van der Waals surface area contributed by atoms with Gasteiger partial charge in [-0.15, -0.1) is 0 Å². The second-order valence-electron chi connectivity index (χ2n) is 11.2. The molecule has 4 N–H and O–H groups in total. The molecule has 0 bridgehead atoms. The van der Waals surface area contributed by atoms with Crippen LogP contribution in [0.2, 0.25) is 0 Å². The van der Waals surface area contributed by atoms with E-state index in [2.05, 4.69) is 26.0 Å². The Bertz CT molecular complexity index is 2480. The molecule has 0 amide bonds. The monoisotopic (exact) mass is 843 g/mol. The van der Waals surface area contributed by atoms with Gasteiger partial charge in [0.15, 0.2) is 6.29 Å². The molecule has 2 aliphatic carbocycles. The summed E-state index contributed by atoms with van der Waals surface area (Å²) in [6.07, 6.45) is 6.17. The molecule has 2 aliphatic rings. The zero-order valence-electron chi connectivity index (χ0n) is 30.9. The van der Waals surface area contributed by atoms with E-state index in [1.807, 2.05) is 42.5 Å². The molecule has 2 aromatic heterocycles. The predicted octanol–water partition coefficient (Wildman–Crippen LogP) is -0.118. The van der Waals surface area contributed by atoms with Gasteiger partial charge in [0.1, 0.15) is 0 Å². The van der Waals surface area contributed by atoms with Gasteiger partial charge in [0.25, 0.3) is 22.5 Å². The number of nitro groups is 2. The molecule has 58 heavy (non-hydrogen) atoms. The van der Waals surface area contributed by atoms with E-state index in [0.717, 1.165) is 52.5 Å². The molecule has 0 atom stereocenters. The number of fused-ring (bicyclic) bond motifs is 6. The van der Waals surface area contributed by atoms with E-state index in [4.69, 9.17) is 14.2 Å². The van der Waals surface area contributed by atoms with Gasteiger partial charge < -0.3 is 23.7 Å². The third-order valence-electron chi connectivity index (χ3n) is 8.12. The summed E-state index contributed by atoms with van der Waals surface area (Å²) in [4.78, 5) is 58.6. The van der Waals surface area contributed by atoms with Gasteiger partial charge in [0.2, 0.25) is 0 Å². The number of carbonyl (C=O) groups excluding carboxylic acids is 1. The van der Waals surface area contributed by atoms with Crippen LogP contribution in [0, 0.1) is 20.2 Å². The first-order chi connectivity index (χ1) is 27.2. The number of nitrogens with zero attached hydrogens (tertiary/aromatic N) is 2. The molecule has 4 aromatic carbocycles. The quantitative estimate of drug-likeness (QED) is 0.0600. The van der Waals surface area contributed by atoms with Crippen molar-refractivity contribution in [2.24, 2.45) is 0 Å². The van der Waals surface area contributed by atoms with Crippen LogP contribution in [0.5, 0.6) is 0 Å². The van der Waals surface area contributed by atoms with E-state index in [1.54, 1.807) is 71.4 Å². The van der Waals surface area contributed by atoms with Crippen LogP contribution in [0.3, 0.4) is 0 Å². The molecule has 6 aromatic rings. The predicted molar refractivity (Wildman–Crippen MR) is 210 cm³/mol. The fourth-order valence-corrected chi connectivity index (χ4v) is 5.83. The Labute approximate surface area is 388 Å². The maximum absolute atomic E-state index is 12.0. The number of halogens is 1. The van der Waals surface area contributed by atoms with Crippen molar-refractivity contribution in [3.05, 3.63) is 196 Å². The van der Waals surface area contributed by atoms with E-state index >= 15 is 0 Å². The average molecular weight is 844 g/mol. The van der Waals surface area contributed by atoms with Crippen molar-refractivity contribution >= 4 is 62.2 Å². The molecule has 0 saturated heterocycles. The van der Waals surface area contributed by atoms with Gasteiger partial charge in [-0.3, -0.25) is 39.9 Å². The number of aliphatic hydroxyl groups excluding tert-OH is 1. The molecule has 0 fully saturated rings. The first-order valence-electron chi connectivity index (χ1n) is 16.1. The third-order valence-corrected chi connectivity index (χ3v) is 8.12. The van der Waals surface area contributed by atoms with Crippen molar-refractivity contribution in [2.45, 2.75) is 6.42 Å². The summed E-state index contributed by atoms with van der Waals surface area (Å²) >= 11 is 2.80. The zero-order valence-corrected chi connectivity index (χ0v) is 36.3. The summed E-state index contributed by atoms with van der Waals surface area (Å²) in [6.45, 7) is 0. The Morgan fingerprint density at radius 1 is 0.655 bits per heavy atom. The van der Waals surface area contributed by atoms with E-state index in [0.29, 0.717) is 11.8 Å². The van der Waals surface area contributed by atoms with Crippen LogP contribution >= 0.6 is 0 Å². The average Bonchev–Trinajstić information content (AvgIpc) is 3.76. The van der Waals surface area contributed by atoms with Crippen LogP contribution in [0.4, 0.5) is 11.4 Å². The first kappa shape index (κ1) is 51.3. The van der Waals surface area contributed by atoms with Crippen molar-refractivity contribution in [2.75, 3.05) is 7.11 Å². The first-order valence-corrected chi connectivity index (χ1v) is 17.1. The number of rotatable bonds is 4. The summed E-state index contributed by atoms with van der Waals surface area (Å²) in [5.74, 6) is 0. The minimum absolute atomic E-state index is 0. The number of carbonyl (C=O) groups is 1. The number of H-pyrrole nitrogens is 2. The van der Waals surface area contributed by atoms with E-state index < -0.39 is 4.92 Å².